The minimum absolute atomic E-state index is 0.453. The van der Waals surface area contributed by atoms with Crippen molar-refractivity contribution in [1.29, 1.82) is 0 Å². The summed E-state index contributed by atoms with van der Waals surface area (Å²) in [4.78, 5) is 22.7. The van der Waals surface area contributed by atoms with Gasteiger partial charge in [0.1, 0.15) is 0 Å². The summed E-state index contributed by atoms with van der Waals surface area (Å²) in [5.74, 6) is 0.644. The molecule has 0 atom stereocenters. The third kappa shape index (κ3) is 3.23. The maximum absolute atomic E-state index is 11.5. The molecule has 15 heavy (non-hydrogen) atoms. The summed E-state index contributed by atoms with van der Waals surface area (Å²) in [5, 5.41) is 0. The minimum atomic E-state index is -0.477. The predicted molar refractivity (Wildman–Crippen MR) is 60.5 cm³/mol. The Morgan fingerprint density at radius 3 is 2.53 bits per heavy atom. The van der Waals surface area contributed by atoms with E-state index in [1.807, 2.05) is 0 Å². The summed E-state index contributed by atoms with van der Waals surface area (Å²) in [5.41, 5.74) is -0.930. The molecule has 0 bridgehead atoms. The van der Waals surface area contributed by atoms with Crippen molar-refractivity contribution in [2.24, 2.45) is 7.05 Å². The summed E-state index contributed by atoms with van der Waals surface area (Å²) in [6.07, 6.45) is 6.04. The van der Waals surface area contributed by atoms with Gasteiger partial charge in [0.15, 0.2) is 0 Å². The van der Waals surface area contributed by atoms with E-state index in [0.29, 0.717) is 12.4 Å². The van der Waals surface area contributed by atoms with Crippen LogP contribution in [0.1, 0.15) is 19.3 Å². The standard InChI is InChI=1S/C10H15ClN2O2/c1-12-7-8-13(10(15)9(12)14)6-4-2-3-5-11/h7-8H,2-6H2,1H3. The fourth-order valence-electron chi connectivity index (χ4n) is 1.32. The van der Waals surface area contributed by atoms with Crippen LogP contribution in [0.25, 0.3) is 0 Å². The Balaban J connectivity index is 2.67. The highest BCUT2D eigenvalue weighted by Crippen LogP contribution is 1.98. The number of nitrogens with zero attached hydrogens (tertiary/aromatic N) is 2. The van der Waals surface area contributed by atoms with Crippen LogP contribution in [-0.2, 0) is 13.6 Å². The molecule has 0 radical (unpaired) electrons. The average molecular weight is 231 g/mol. The van der Waals surface area contributed by atoms with Crippen LogP contribution in [0.3, 0.4) is 0 Å². The maximum atomic E-state index is 11.5. The van der Waals surface area contributed by atoms with Crippen LogP contribution >= 0.6 is 11.6 Å². The van der Waals surface area contributed by atoms with Crippen molar-refractivity contribution in [3.8, 4) is 0 Å². The molecule has 0 N–H and O–H groups in total. The lowest BCUT2D eigenvalue weighted by Gasteiger charge is -2.05. The van der Waals surface area contributed by atoms with E-state index in [2.05, 4.69) is 0 Å². The first-order valence-corrected chi connectivity index (χ1v) is 5.52. The van der Waals surface area contributed by atoms with Crippen molar-refractivity contribution in [2.45, 2.75) is 25.8 Å². The highest BCUT2D eigenvalue weighted by molar-refractivity contribution is 6.17. The van der Waals surface area contributed by atoms with E-state index in [1.165, 1.54) is 9.13 Å². The fraction of sp³-hybridized carbons (Fsp3) is 0.600. The van der Waals surface area contributed by atoms with Gasteiger partial charge in [0, 0.05) is 31.9 Å². The van der Waals surface area contributed by atoms with Gasteiger partial charge in [0.25, 0.3) is 0 Å². The van der Waals surface area contributed by atoms with E-state index in [-0.39, 0.29) is 0 Å². The van der Waals surface area contributed by atoms with E-state index < -0.39 is 11.1 Å². The zero-order valence-corrected chi connectivity index (χ0v) is 9.54. The van der Waals surface area contributed by atoms with Crippen molar-refractivity contribution in [3.63, 3.8) is 0 Å². The zero-order chi connectivity index (χ0) is 11.3. The molecule has 0 spiro atoms. The Hall–Kier alpha value is -1.03. The van der Waals surface area contributed by atoms with Gasteiger partial charge >= 0.3 is 11.1 Å². The van der Waals surface area contributed by atoms with Gasteiger partial charge < -0.3 is 9.13 Å². The van der Waals surface area contributed by atoms with Gasteiger partial charge in [0.2, 0.25) is 0 Å². The molecule has 0 aliphatic rings. The smallest absolute Gasteiger partial charge is 0.312 e. The highest BCUT2D eigenvalue weighted by atomic mass is 35.5. The van der Waals surface area contributed by atoms with E-state index in [1.54, 1.807) is 19.4 Å². The second-order valence-electron chi connectivity index (χ2n) is 3.46. The molecule has 1 heterocycles. The fourth-order valence-corrected chi connectivity index (χ4v) is 1.51. The zero-order valence-electron chi connectivity index (χ0n) is 8.78. The second kappa shape index (κ2) is 5.75. The molecule has 0 saturated heterocycles. The Bertz CT molecular complexity index is 422. The summed E-state index contributed by atoms with van der Waals surface area (Å²) in [7, 11) is 1.57. The largest absolute Gasteiger partial charge is 0.316 e. The van der Waals surface area contributed by atoms with Gasteiger partial charge in [-0.15, -0.1) is 11.6 Å². The molecule has 4 nitrogen and oxygen atoms in total. The van der Waals surface area contributed by atoms with Crippen molar-refractivity contribution in [1.82, 2.24) is 9.13 Å². The first kappa shape index (κ1) is 12.0. The number of hydrogen-bond acceptors (Lipinski definition) is 2. The van der Waals surface area contributed by atoms with Crippen LogP contribution in [0, 0.1) is 0 Å². The van der Waals surface area contributed by atoms with Crippen LogP contribution < -0.4 is 11.1 Å². The number of aromatic nitrogens is 2. The van der Waals surface area contributed by atoms with Crippen molar-refractivity contribution in [3.05, 3.63) is 33.1 Å². The Morgan fingerprint density at radius 1 is 1.13 bits per heavy atom. The molecule has 5 heteroatoms. The van der Waals surface area contributed by atoms with Crippen LogP contribution in [0.5, 0.6) is 0 Å². The average Bonchev–Trinajstić information content (AvgIpc) is 2.24. The lowest BCUT2D eigenvalue weighted by Crippen LogP contribution is -2.39. The maximum Gasteiger partial charge on any atom is 0.316 e. The molecule has 0 amide bonds. The molecule has 0 aliphatic carbocycles. The summed E-state index contributed by atoms with van der Waals surface area (Å²) < 4.78 is 2.74. The number of aryl methyl sites for hydroxylation is 2. The molecule has 0 aliphatic heterocycles. The van der Waals surface area contributed by atoms with E-state index >= 15 is 0 Å². The van der Waals surface area contributed by atoms with Crippen molar-refractivity contribution >= 4 is 11.6 Å². The first-order valence-electron chi connectivity index (χ1n) is 4.99. The van der Waals surface area contributed by atoms with Gasteiger partial charge in [-0.25, -0.2) is 0 Å². The third-order valence-corrected chi connectivity index (χ3v) is 2.53. The van der Waals surface area contributed by atoms with Crippen molar-refractivity contribution < 1.29 is 0 Å². The molecule has 0 fully saturated rings. The SMILES string of the molecule is Cn1ccn(CCCCCCl)c(=O)c1=O. The summed E-state index contributed by atoms with van der Waals surface area (Å²) >= 11 is 5.54. The number of rotatable bonds is 5. The lowest BCUT2D eigenvalue weighted by atomic mass is 10.2. The van der Waals surface area contributed by atoms with Gasteiger partial charge in [0.05, 0.1) is 0 Å². The highest BCUT2D eigenvalue weighted by Gasteiger charge is 2.01. The van der Waals surface area contributed by atoms with Crippen LogP contribution in [0.15, 0.2) is 22.0 Å². The van der Waals surface area contributed by atoms with Gasteiger partial charge in [-0.3, -0.25) is 9.59 Å². The van der Waals surface area contributed by atoms with Crippen molar-refractivity contribution in [2.75, 3.05) is 5.88 Å². The van der Waals surface area contributed by atoms with E-state index in [4.69, 9.17) is 11.6 Å². The number of unbranched alkanes of at least 4 members (excludes halogenated alkanes) is 2. The van der Waals surface area contributed by atoms with Crippen LogP contribution in [0.4, 0.5) is 0 Å². The Labute approximate surface area is 93.1 Å². The lowest BCUT2D eigenvalue weighted by molar-refractivity contribution is 0.573. The number of halogens is 1. The molecular weight excluding hydrogens is 216 g/mol. The molecule has 1 aromatic heterocycles. The Morgan fingerprint density at radius 2 is 1.87 bits per heavy atom. The number of hydrogen-bond donors (Lipinski definition) is 0. The van der Waals surface area contributed by atoms with Gasteiger partial charge in [-0.05, 0) is 12.8 Å². The number of alkyl halides is 1. The van der Waals surface area contributed by atoms with E-state index in [9.17, 15) is 9.59 Å². The third-order valence-electron chi connectivity index (χ3n) is 2.27. The molecular formula is C10H15ClN2O2. The second-order valence-corrected chi connectivity index (χ2v) is 3.84. The molecule has 0 saturated carbocycles. The summed E-state index contributed by atoms with van der Waals surface area (Å²) in [6.45, 7) is 0.589. The molecule has 1 rings (SSSR count). The summed E-state index contributed by atoms with van der Waals surface area (Å²) in [6, 6.07) is 0. The molecule has 84 valence electrons. The molecule has 0 unspecified atom stereocenters. The van der Waals surface area contributed by atoms with Crippen LogP contribution in [0.2, 0.25) is 0 Å². The minimum Gasteiger partial charge on any atom is -0.312 e. The quantitative estimate of drug-likeness (QED) is 0.430. The monoisotopic (exact) mass is 230 g/mol. The first-order chi connectivity index (χ1) is 7.16. The topological polar surface area (TPSA) is 44.0 Å². The predicted octanol–water partition coefficient (Wildman–Crippen LogP) is 0.956. The van der Waals surface area contributed by atoms with E-state index in [0.717, 1.165) is 19.3 Å². The normalized spacial score (nSPS) is 10.5. The molecule has 0 aromatic carbocycles. The van der Waals surface area contributed by atoms with Crippen LogP contribution in [-0.4, -0.2) is 15.0 Å². The Kier molecular flexibility index (Phi) is 4.62. The van der Waals surface area contributed by atoms with Gasteiger partial charge in [-0.2, -0.15) is 0 Å². The molecule has 1 aromatic rings. The van der Waals surface area contributed by atoms with Gasteiger partial charge in [-0.1, -0.05) is 6.42 Å².